The van der Waals surface area contributed by atoms with Gasteiger partial charge >= 0.3 is 0 Å². The first-order valence-corrected chi connectivity index (χ1v) is 5.66. The van der Waals surface area contributed by atoms with Gasteiger partial charge in [-0.15, -0.1) is 0 Å². The molecule has 14 heavy (non-hydrogen) atoms. The molecule has 2 rings (SSSR count). The number of hydrogen-bond donors (Lipinski definition) is 1. The summed E-state index contributed by atoms with van der Waals surface area (Å²) in [6, 6.07) is 5.05. The van der Waals surface area contributed by atoms with E-state index in [-0.39, 0.29) is 0 Å². The zero-order valence-electron chi connectivity index (χ0n) is 8.83. The molecule has 0 bridgehead atoms. The van der Waals surface area contributed by atoms with E-state index < -0.39 is 0 Å². The minimum absolute atomic E-state index is 0.355. The molecular formula is C12H19NO. The highest BCUT2D eigenvalue weighted by atomic mass is 16.3. The Morgan fingerprint density at radius 2 is 2.14 bits per heavy atom. The summed E-state index contributed by atoms with van der Waals surface area (Å²) in [5, 5.41) is 3.63. The van der Waals surface area contributed by atoms with Crippen molar-refractivity contribution in [3.8, 4) is 0 Å². The Kier molecular flexibility index (Phi) is 3.25. The number of rotatable bonds is 3. The van der Waals surface area contributed by atoms with Gasteiger partial charge in [0.05, 0.1) is 12.3 Å². The first-order chi connectivity index (χ1) is 6.86. The van der Waals surface area contributed by atoms with E-state index in [1.54, 1.807) is 6.26 Å². The van der Waals surface area contributed by atoms with Crippen molar-refractivity contribution in [3.63, 3.8) is 0 Å². The minimum atomic E-state index is 0.355. The molecule has 1 aromatic rings. The van der Waals surface area contributed by atoms with E-state index in [1.165, 1.54) is 32.1 Å². The third-order valence-electron chi connectivity index (χ3n) is 3.06. The molecule has 1 aromatic heterocycles. The molecule has 1 N–H and O–H groups in total. The molecule has 1 aliphatic rings. The predicted molar refractivity (Wildman–Crippen MR) is 57.1 cm³/mol. The Morgan fingerprint density at radius 1 is 1.36 bits per heavy atom. The highest BCUT2D eigenvalue weighted by molar-refractivity contribution is 5.03. The second kappa shape index (κ2) is 4.65. The predicted octanol–water partition coefficient (Wildman–Crippen LogP) is 3.26. The quantitative estimate of drug-likeness (QED) is 0.797. The molecule has 1 saturated carbocycles. The molecule has 2 nitrogen and oxygen atoms in total. The van der Waals surface area contributed by atoms with Crippen molar-refractivity contribution in [2.24, 2.45) is 0 Å². The molecule has 78 valence electrons. The summed E-state index contributed by atoms with van der Waals surface area (Å²) >= 11 is 0. The average Bonchev–Trinajstić information content (AvgIpc) is 2.72. The second-order valence-electron chi connectivity index (χ2n) is 4.24. The molecule has 0 aromatic carbocycles. The van der Waals surface area contributed by atoms with Crippen LogP contribution in [0.3, 0.4) is 0 Å². The van der Waals surface area contributed by atoms with Gasteiger partial charge in [0.15, 0.2) is 0 Å². The number of furan rings is 1. The van der Waals surface area contributed by atoms with Crippen LogP contribution in [0.2, 0.25) is 0 Å². The van der Waals surface area contributed by atoms with Gasteiger partial charge in [-0.05, 0) is 31.9 Å². The molecule has 1 atom stereocenters. The van der Waals surface area contributed by atoms with Gasteiger partial charge in [-0.1, -0.05) is 19.3 Å². The van der Waals surface area contributed by atoms with Crippen molar-refractivity contribution in [2.75, 3.05) is 0 Å². The van der Waals surface area contributed by atoms with Gasteiger partial charge in [0.25, 0.3) is 0 Å². The van der Waals surface area contributed by atoms with Crippen molar-refractivity contribution in [3.05, 3.63) is 24.2 Å². The van der Waals surface area contributed by atoms with Crippen LogP contribution in [0, 0.1) is 0 Å². The third-order valence-corrected chi connectivity index (χ3v) is 3.06. The molecule has 0 radical (unpaired) electrons. The first kappa shape index (κ1) is 9.78. The Labute approximate surface area is 85.7 Å². The first-order valence-electron chi connectivity index (χ1n) is 5.66. The monoisotopic (exact) mass is 193 g/mol. The normalized spacial score (nSPS) is 20.9. The lowest BCUT2D eigenvalue weighted by Crippen LogP contribution is -2.32. The molecule has 0 unspecified atom stereocenters. The second-order valence-corrected chi connectivity index (χ2v) is 4.24. The van der Waals surface area contributed by atoms with Crippen LogP contribution >= 0.6 is 0 Å². The van der Waals surface area contributed by atoms with Crippen molar-refractivity contribution >= 4 is 0 Å². The van der Waals surface area contributed by atoms with Crippen LogP contribution in [0.5, 0.6) is 0 Å². The average molecular weight is 193 g/mol. The Bertz CT molecular complexity index is 249. The summed E-state index contributed by atoms with van der Waals surface area (Å²) in [7, 11) is 0. The molecule has 0 amide bonds. The van der Waals surface area contributed by atoms with Crippen molar-refractivity contribution < 1.29 is 4.42 Å². The topological polar surface area (TPSA) is 25.2 Å². The van der Waals surface area contributed by atoms with Gasteiger partial charge in [0.2, 0.25) is 0 Å². The van der Waals surface area contributed by atoms with Crippen LogP contribution in [0.1, 0.15) is 50.8 Å². The summed E-state index contributed by atoms with van der Waals surface area (Å²) in [5.74, 6) is 1.05. The van der Waals surface area contributed by atoms with E-state index >= 15 is 0 Å². The van der Waals surface area contributed by atoms with Crippen molar-refractivity contribution in [1.82, 2.24) is 5.32 Å². The van der Waals surface area contributed by atoms with Gasteiger partial charge in [-0.2, -0.15) is 0 Å². The SMILES string of the molecule is C[C@@H](NC1CCCCC1)c1ccco1. The van der Waals surface area contributed by atoms with E-state index in [0.717, 1.165) is 5.76 Å². The highest BCUT2D eigenvalue weighted by Crippen LogP contribution is 2.21. The van der Waals surface area contributed by atoms with Gasteiger partial charge in [0.1, 0.15) is 5.76 Å². The molecular weight excluding hydrogens is 174 g/mol. The van der Waals surface area contributed by atoms with E-state index in [2.05, 4.69) is 12.2 Å². The fraction of sp³-hybridized carbons (Fsp3) is 0.667. The molecule has 0 spiro atoms. The molecule has 2 heteroatoms. The van der Waals surface area contributed by atoms with Gasteiger partial charge in [-0.25, -0.2) is 0 Å². The molecule has 1 heterocycles. The fourth-order valence-corrected chi connectivity index (χ4v) is 2.24. The zero-order valence-corrected chi connectivity index (χ0v) is 8.83. The van der Waals surface area contributed by atoms with Crippen LogP contribution in [-0.2, 0) is 0 Å². The Hall–Kier alpha value is -0.760. The molecule has 0 aliphatic heterocycles. The smallest absolute Gasteiger partial charge is 0.120 e. The molecule has 1 fully saturated rings. The minimum Gasteiger partial charge on any atom is -0.468 e. The van der Waals surface area contributed by atoms with E-state index in [1.807, 2.05) is 12.1 Å². The summed E-state index contributed by atoms with van der Waals surface area (Å²) < 4.78 is 5.37. The van der Waals surface area contributed by atoms with Crippen LogP contribution in [0.15, 0.2) is 22.8 Å². The lowest BCUT2D eigenvalue weighted by molar-refractivity contribution is 0.323. The van der Waals surface area contributed by atoms with E-state index in [0.29, 0.717) is 12.1 Å². The van der Waals surface area contributed by atoms with E-state index in [9.17, 15) is 0 Å². The molecule has 1 aliphatic carbocycles. The van der Waals surface area contributed by atoms with Crippen molar-refractivity contribution in [1.29, 1.82) is 0 Å². The zero-order chi connectivity index (χ0) is 9.80. The summed E-state index contributed by atoms with van der Waals surface area (Å²) in [5.41, 5.74) is 0. The number of nitrogens with one attached hydrogen (secondary N) is 1. The Morgan fingerprint density at radius 3 is 2.79 bits per heavy atom. The van der Waals surface area contributed by atoms with Crippen molar-refractivity contribution in [2.45, 2.75) is 51.1 Å². The molecule has 0 saturated heterocycles. The van der Waals surface area contributed by atoms with Crippen LogP contribution in [-0.4, -0.2) is 6.04 Å². The maximum atomic E-state index is 5.37. The lowest BCUT2D eigenvalue weighted by Gasteiger charge is -2.25. The van der Waals surface area contributed by atoms with Gasteiger partial charge in [0, 0.05) is 6.04 Å². The fourth-order valence-electron chi connectivity index (χ4n) is 2.24. The van der Waals surface area contributed by atoms with Crippen LogP contribution in [0.25, 0.3) is 0 Å². The largest absolute Gasteiger partial charge is 0.468 e. The maximum Gasteiger partial charge on any atom is 0.120 e. The van der Waals surface area contributed by atoms with Gasteiger partial charge < -0.3 is 9.73 Å². The lowest BCUT2D eigenvalue weighted by atomic mass is 9.95. The highest BCUT2D eigenvalue weighted by Gasteiger charge is 2.17. The summed E-state index contributed by atoms with van der Waals surface area (Å²) in [6.45, 7) is 2.17. The maximum absolute atomic E-state index is 5.37. The standard InChI is InChI=1S/C12H19NO/c1-10(12-8-5-9-14-12)13-11-6-3-2-4-7-11/h5,8-11,13H,2-4,6-7H2,1H3/t10-/m1/s1. The van der Waals surface area contributed by atoms with Crippen LogP contribution < -0.4 is 5.32 Å². The van der Waals surface area contributed by atoms with E-state index in [4.69, 9.17) is 4.42 Å². The third kappa shape index (κ3) is 2.38. The van der Waals surface area contributed by atoms with Gasteiger partial charge in [-0.3, -0.25) is 0 Å². The number of hydrogen-bond acceptors (Lipinski definition) is 2. The summed E-state index contributed by atoms with van der Waals surface area (Å²) in [4.78, 5) is 0. The Balaban J connectivity index is 1.84. The van der Waals surface area contributed by atoms with Crippen LogP contribution in [0.4, 0.5) is 0 Å². The summed E-state index contributed by atoms with van der Waals surface area (Å²) in [6.07, 6.45) is 8.56.